The monoisotopic (exact) mass is 210 g/mol. The van der Waals surface area contributed by atoms with Gasteiger partial charge in [-0.25, -0.2) is 0 Å². The maximum absolute atomic E-state index is 11.9. The molecule has 15 heavy (non-hydrogen) atoms. The van der Waals surface area contributed by atoms with Gasteiger partial charge in [0.25, 0.3) is 0 Å². The van der Waals surface area contributed by atoms with E-state index in [2.05, 4.69) is 13.8 Å². The van der Waals surface area contributed by atoms with Gasteiger partial charge in [-0.15, -0.1) is 0 Å². The molecule has 4 atom stereocenters. The molecule has 2 nitrogen and oxygen atoms in total. The molecule has 0 saturated heterocycles. The highest BCUT2D eigenvalue weighted by Crippen LogP contribution is 2.56. The SMILES string of the molecule is C[C@@H](CO)C1CCC2C(=O)CCCC21C. The second-order valence-electron chi connectivity index (χ2n) is 5.72. The van der Waals surface area contributed by atoms with Gasteiger partial charge >= 0.3 is 0 Å². The molecule has 2 heteroatoms. The van der Waals surface area contributed by atoms with Gasteiger partial charge in [0.05, 0.1) is 0 Å². The zero-order valence-corrected chi connectivity index (χ0v) is 9.83. The first-order chi connectivity index (χ1) is 7.09. The number of carbonyl (C=O) groups is 1. The lowest BCUT2D eigenvalue weighted by Crippen LogP contribution is -2.39. The zero-order chi connectivity index (χ0) is 11.1. The second-order valence-corrected chi connectivity index (χ2v) is 5.72. The summed E-state index contributed by atoms with van der Waals surface area (Å²) in [6.07, 6.45) is 5.22. The summed E-state index contributed by atoms with van der Waals surface area (Å²) in [6.45, 7) is 4.66. The van der Waals surface area contributed by atoms with Gasteiger partial charge in [-0.1, -0.05) is 13.8 Å². The highest BCUT2D eigenvalue weighted by Gasteiger charge is 2.52. The molecule has 0 heterocycles. The van der Waals surface area contributed by atoms with Crippen LogP contribution in [0.1, 0.15) is 46.0 Å². The van der Waals surface area contributed by atoms with Crippen molar-refractivity contribution in [3.05, 3.63) is 0 Å². The Hall–Kier alpha value is -0.370. The highest BCUT2D eigenvalue weighted by molar-refractivity contribution is 5.83. The summed E-state index contributed by atoms with van der Waals surface area (Å²) in [5.74, 6) is 1.68. The molecular weight excluding hydrogens is 188 g/mol. The van der Waals surface area contributed by atoms with E-state index in [0.717, 1.165) is 25.7 Å². The number of fused-ring (bicyclic) bond motifs is 1. The summed E-state index contributed by atoms with van der Waals surface area (Å²) >= 11 is 0. The van der Waals surface area contributed by atoms with Crippen LogP contribution in [-0.2, 0) is 4.79 Å². The maximum Gasteiger partial charge on any atom is 0.136 e. The smallest absolute Gasteiger partial charge is 0.136 e. The number of ketones is 1. The highest BCUT2D eigenvalue weighted by atomic mass is 16.3. The predicted octanol–water partition coefficient (Wildman–Crippen LogP) is 2.40. The quantitative estimate of drug-likeness (QED) is 0.760. The van der Waals surface area contributed by atoms with E-state index in [9.17, 15) is 9.90 Å². The minimum Gasteiger partial charge on any atom is -0.396 e. The Bertz CT molecular complexity index is 261. The number of aliphatic hydroxyl groups excluding tert-OH is 1. The number of Topliss-reactive ketones (excluding diaryl/α,β-unsaturated/α-hetero) is 1. The third-order valence-electron chi connectivity index (χ3n) is 4.91. The first-order valence-electron chi connectivity index (χ1n) is 6.23. The third-order valence-corrected chi connectivity index (χ3v) is 4.91. The van der Waals surface area contributed by atoms with Crippen LogP contribution < -0.4 is 0 Å². The first-order valence-corrected chi connectivity index (χ1v) is 6.23. The fourth-order valence-corrected chi connectivity index (χ4v) is 4.03. The lowest BCUT2D eigenvalue weighted by atomic mass is 9.62. The van der Waals surface area contributed by atoms with Crippen LogP contribution in [0.5, 0.6) is 0 Å². The summed E-state index contributed by atoms with van der Waals surface area (Å²) in [4.78, 5) is 11.9. The molecule has 86 valence electrons. The van der Waals surface area contributed by atoms with Crippen LogP contribution in [0.2, 0.25) is 0 Å². The summed E-state index contributed by atoms with van der Waals surface area (Å²) in [5.41, 5.74) is 0.192. The molecule has 0 bridgehead atoms. The summed E-state index contributed by atoms with van der Waals surface area (Å²) in [7, 11) is 0. The van der Waals surface area contributed by atoms with Crippen molar-refractivity contribution in [3.8, 4) is 0 Å². The Balaban J connectivity index is 2.21. The van der Waals surface area contributed by atoms with E-state index >= 15 is 0 Å². The normalized spacial score (nSPS) is 42.7. The van der Waals surface area contributed by atoms with Crippen molar-refractivity contribution in [1.29, 1.82) is 0 Å². The van der Waals surface area contributed by atoms with Crippen molar-refractivity contribution < 1.29 is 9.90 Å². The van der Waals surface area contributed by atoms with Crippen molar-refractivity contribution in [2.24, 2.45) is 23.2 Å². The number of hydrogen-bond acceptors (Lipinski definition) is 2. The lowest BCUT2D eigenvalue weighted by Gasteiger charge is -2.41. The Labute approximate surface area is 92.1 Å². The fourth-order valence-electron chi connectivity index (χ4n) is 4.03. The molecule has 2 saturated carbocycles. The molecule has 0 amide bonds. The van der Waals surface area contributed by atoms with E-state index in [1.807, 2.05) is 0 Å². The van der Waals surface area contributed by atoms with E-state index in [-0.39, 0.29) is 12.0 Å². The lowest BCUT2D eigenvalue weighted by molar-refractivity contribution is -0.130. The predicted molar refractivity (Wildman–Crippen MR) is 59.4 cm³/mol. The van der Waals surface area contributed by atoms with Crippen molar-refractivity contribution in [2.75, 3.05) is 6.61 Å². The number of hydrogen-bond donors (Lipinski definition) is 1. The standard InChI is InChI=1S/C13H22O2/c1-9(8-14)10-5-6-11-12(15)4-3-7-13(10,11)2/h9-11,14H,3-8H2,1-2H3/t9-,10?,11?,13?/m0/s1. The van der Waals surface area contributed by atoms with E-state index in [1.165, 1.54) is 6.42 Å². The van der Waals surface area contributed by atoms with Gasteiger partial charge in [-0.3, -0.25) is 4.79 Å². The molecule has 2 fully saturated rings. The Morgan fingerprint density at radius 3 is 2.93 bits per heavy atom. The largest absolute Gasteiger partial charge is 0.396 e. The molecule has 2 aliphatic rings. The van der Waals surface area contributed by atoms with Crippen LogP contribution in [0.4, 0.5) is 0 Å². The number of rotatable bonds is 2. The molecule has 0 aromatic heterocycles. The van der Waals surface area contributed by atoms with Crippen LogP contribution in [0.15, 0.2) is 0 Å². The van der Waals surface area contributed by atoms with Crippen LogP contribution in [-0.4, -0.2) is 17.5 Å². The van der Waals surface area contributed by atoms with Crippen LogP contribution >= 0.6 is 0 Å². The Morgan fingerprint density at radius 1 is 1.53 bits per heavy atom. The number of aliphatic hydroxyl groups is 1. The Kier molecular flexibility index (Phi) is 2.89. The average Bonchev–Trinajstić information content (AvgIpc) is 2.56. The van der Waals surface area contributed by atoms with Crippen LogP contribution in [0.3, 0.4) is 0 Å². The summed E-state index contributed by atoms with van der Waals surface area (Å²) < 4.78 is 0. The molecule has 2 aliphatic carbocycles. The van der Waals surface area contributed by atoms with E-state index < -0.39 is 0 Å². The van der Waals surface area contributed by atoms with Gasteiger partial charge in [0.2, 0.25) is 0 Å². The van der Waals surface area contributed by atoms with Crippen LogP contribution in [0, 0.1) is 23.2 Å². The van der Waals surface area contributed by atoms with Crippen LogP contribution in [0.25, 0.3) is 0 Å². The van der Waals surface area contributed by atoms with Gasteiger partial charge in [0.1, 0.15) is 5.78 Å². The average molecular weight is 210 g/mol. The molecule has 1 N–H and O–H groups in total. The van der Waals surface area contributed by atoms with Crippen molar-refractivity contribution in [1.82, 2.24) is 0 Å². The molecular formula is C13H22O2. The minimum atomic E-state index is 0.192. The molecule has 0 aromatic rings. The van der Waals surface area contributed by atoms with E-state index in [0.29, 0.717) is 23.5 Å². The molecule has 0 aliphatic heterocycles. The van der Waals surface area contributed by atoms with Gasteiger partial charge in [0, 0.05) is 18.9 Å². The topological polar surface area (TPSA) is 37.3 Å². The molecule has 3 unspecified atom stereocenters. The summed E-state index contributed by atoms with van der Waals surface area (Å²) in [5, 5.41) is 9.28. The van der Waals surface area contributed by atoms with Gasteiger partial charge in [0.15, 0.2) is 0 Å². The molecule has 0 aromatic carbocycles. The minimum absolute atomic E-state index is 0.192. The van der Waals surface area contributed by atoms with E-state index in [4.69, 9.17) is 0 Å². The van der Waals surface area contributed by atoms with E-state index in [1.54, 1.807) is 0 Å². The van der Waals surface area contributed by atoms with Gasteiger partial charge in [-0.05, 0) is 42.9 Å². The van der Waals surface area contributed by atoms with Gasteiger partial charge < -0.3 is 5.11 Å². The number of carbonyl (C=O) groups excluding carboxylic acids is 1. The fraction of sp³-hybridized carbons (Fsp3) is 0.923. The first kappa shape index (κ1) is 11.1. The van der Waals surface area contributed by atoms with Crippen molar-refractivity contribution in [3.63, 3.8) is 0 Å². The Morgan fingerprint density at radius 2 is 2.27 bits per heavy atom. The van der Waals surface area contributed by atoms with Crippen molar-refractivity contribution in [2.45, 2.75) is 46.0 Å². The van der Waals surface area contributed by atoms with Crippen molar-refractivity contribution >= 4 is 5.78 Å². The molecule has 0 spiro atoms. The molecule has 0 radical (unpaired) electrons. The third kappa shape index (κ3) is 1.63. The second kappa shape index (κ2) is 3.89. The molecule has 2 rings (SSSR count). The maximum atomic E-state index is 11.9. The van der Waals surface area contributed by atoms with Gasteiger partial charge in [-0.2, -0.15) is 0 Å². The zero-order valence-electron chi connectivity index (χ0n) is 9.83. The summed E-state index contributed by atoms with van der Waals surface area (Å²) in [6, 6.07) is 0.